The number of urea groups is 1. The summed E-state index contributed by atoms with van der Waals surface area (Å²) in [5, 5.41) is 12.1. The van der Waals surface area contributed by atoms with Gasteiger partial charge in [-0.1, -0.05) is 12.1 Å². The van der Waals surface area contributed by atoms with E-state index in [0.717, 1.165) is 10.5 Å². The lowest BCUT2D eigenvalue weighted by Gasteiger charge is -2.26. The van der Waals surface area contributed by atoms with Gasteiger partial charge in [0.25, 0.3) is 11.8 Å². The second-order valence-electron chi connectivity index (χ2n) is 5.85. The lowest BCUT2D eigenvalue weighted by atomic mass is 10.1. The molecule has 0 bridgehead atoms. The van der Waals surface area contributed by atoms with Crippen LogP contribution in [-0.2, 0) is 9.59 Å². The zero-order valence-electron chi connectivity index (χ0n) is 14.4. The third-order valence-electron chi connectivity index (χ3n) is 3.94. The fraction of sp³-hybridized carbons (Fsp3) is 0.105. The lowest BCUT2D eigenvalue weighted by molar-refractivity contribution is -0.122. The first-order valence-corrected chi connectivity index (χ1v) is 8.65. The molecule has 138 valence electrons. The van der Waals surface area contributed by atoms with Crippen molar-refractivity contribution >= 4 is 45.5 Å². The fourth-order valence-electron chi connectivity index (χ4n) is 2.66. The van der Waals surface area contributed by atoms with Crippen molar-refractivity contribution in [2.45, 2.75) is 6.92 Å². The smallest absolute Gasteiger partial charge is 0.335 e. The number of anilines is 1. The van der Waals surface area contributed by atoms with Gasteiger partial charge in [0.15, 0.2) is 11.5 Å². The van der Waals surface area contributed by atoms with Crippen LogP contribution in [0.1, 0.15) is 11.1 Å². The molecule has 2 aromatic carbocycles. The number of carbonyl (C=O) groups is 3. The van der Waals surface area contributed by atoms with Gasteiger partial charge in [0.1, 0.15) is 5.57 Å². The van der Waals surface area contributed by atoms with Crippen molar-refractivity contribution in [2.24, 2.45) is 0 Å². The highest BCUT2D eigenvalue weighted by Crippen LogP contribution is 2.36. The third kappa shape index (κ3) is 3.56. The van der Waals surface area contributed by atoms with E-state index >= 15 is 0 Å². The van der Waals surface area contributed by atoms with Crippen LogP contribution < -0.4 is 15.0 Å². The highest BCUT2D eigenvalue weighted by Gasteiger charge is 2.36. The molecule has 0 aromatic heterocycles. The number of nitrogens with zero attached hydrogens (tertiary/aromatic N) is 1. The number of barbiturate groups is 1. The molecule has 0 saturated carbocycles. The number of carbonyl (C=O) groups excluding carboxylic acids is 3. The Kier molecular flexibility index (Phi) is 5.00. The van der Waals surface area contributed by atoms with Crippen LogP contribution in [0, 0.1) is 6.92 Å². The van der Waals surface area contributed by atoms with Crippen molar-refractivity contribution in [2.75, 3.05) is 12.0 Å². The van der Waals surface area contributed by atoms with E-state index in [1.165, 1.54) is 25.3 Å². The molecule has 8 heteroatoms. The standard InChI is InChI=1S/C19H15BrN2O5/c1-10-4-3-5-12(6-10)22-18(25)13(17(24)21-19(22)26)7-11-8-14(20)16(23)15(9-11)27-2/h3-9,23H,1-2H3,(H,21,24,26)/b13-7-. The number of halogens is 1. The molecule has 1 aliphatic rings. The maximum atomic E-state index is 12.9. The molecule has 1 saturated heterocycles. The van der Waals surface area contributed by atoms with Crippen LogP contribution in [0.5, 0.6) is 11.5 Å². The molecule has 1 aliphatic heterocycles. The molecule has 27 heavy (non-hydrogen) atoms. The van der Waals surface area contributed by atoms with Crippen molar-refractivity contribution in [3.63, 3.8) is 0 Å². The minimum atomic E-state index is -0.808. The quantitative estimate of drug-likeness (QED) is 0.575. The number of rotatable bonds is 3. The van der Waals surface area contributed by atoms with Crippen LogP contribution in [0.2, 0.25) is 0 Å². The Balaban J connectivity index is 2.06. The summed E-state index contributed by atoms with van der Waals surface area (Å²) in [5.74, 6) is -1.46. The maximum absolute atomic E-state index is 12.9. The van der Waals surface area contributed by atoms with E-state index in [0.29, 0.717) is 15.7 Å². The number of phenolic OH excluding ortho intramolecular Hbond substituents is 1. The van der Waals surface area contributed by atoms with Gasteiger partial charge in [0.05, 0.1) is 17.3 Å². The first-order chi connectivity index (χ1) is 12.8. The average molecular weight is 431 g/mol. The van der Waals surface area contributed by atoms with Crippen LogP contribution in [0.4, 0.5) is 10.5 Å². The summed E-state index contributed by atoms with van der Waals surface area (Å²) in [4.78, 5) is 38.2. The average Bonchev–Trinajstić information content (AvgIpc) is 2.61. The Bertz CT molecular complexity index is 1000. The molecule has 3 rings (SSSR count). The number of methoxy groups -OCH3 is 1. The van der Waals surface area contributed by atoms with Crippen molar-refractivity contribution in [3.8, 4) is 11.5 Å². The second-order valence-corrected chi connectivity index (χ2v) is 6.70. The largest absolute Gasteiger partial charge is 0.503 e. The predicted molar refractivity (Wildman–Crippen MR) is 103 cm³/mol. The number of imide groups is 2. The summed E-state index contributed by atoms with van der Waals surface area (Å²) in [6, 6.07) is 9.02. The minimum Gasteiger partial charge on any atom is -0.503 e. The lowest BCUT2D eigenvalue weighted by Crippen LogP contribution is -2.54. The van der Waals surface area contributed by atoms with Gasteiger partial charge >= 0.3 is 6.03 Å². The summed E-state index contributed by atoms with van der Waals surface area (Å²) in [7, 11) is 1.38. The van der Waals surface area contributed by atoms with Crippen LogP contribution >= 0.6 is 15.9 Å². The Morgan fingerprint density at radius 3 is 2.59 bits per heavy atom. The van der Waals surface area contributed by atoms with Gasteiger partial charge in [0.2, 0.25) is 0 Å². The molecule has 0 radical (unpaired) electrons. The molecule has 0 aliphatic carbocycles. The SMILES string of the molecule is COc1cc(/C=C2/C(=O)NC(=O)N(c3cccc(C)c3)C2=O)cc(Br)c1O. The third-order valence-corrected chi connectivity index (χ3v) is 4.55. The van der Waals surface area contributed by atoms with Crippen LogP contribution in [0.3, 0.4) is 0 Å². The number of aryl methyl sites for hydroxylation is 1. The Morgan fingerprint density at radius 2 is 1.93 bits per heavy atom. The zero-order valence-corrected chi connectivity index (χ0v) is 16.0. The number of phenols is 1. The second kappa shape index (κ2) is 7.24. The normalized spacial score (nSPS) is 15.9. The number of nitrogens with one attached hydrogen (secondary N) is 1. The summed E-state index contributed by atoms with van der Waals surface area (Å²) in [6.07, 6.45) is 1.33. The number of amides is 4. The van der Waals surface area contributed by atoms with Gasteiger partial charge < -0.3 is 9.84 Å². The maximum Gasteiger partial charge on any atom is 0.335 e. The van der Waals surface area contributed by atoms with Gasteiger partial charge in [0, 0.05) is 0 Å². The first-order valence-electron chi connectivity index (χ1n) is 7.86. The Hall–Kier alpha value is -3.13. The molecule has 4 amide bonds. The minimum absolute atomic E-state index is 0.101. The van der Waals surface area contributed by atoms with Crippen LogP contribution in [0.25, 0.3) is 6.08 Å². The summed E-state index contributed by atoms with van der Waals surface area (Å²) in [6.45, 7) is 1.83. The Morgan fingerprint density at radius 1 is 1.19 bits per heavy atom. The molecular formula is C19H15BrN2O5. The predicted octanol–water partition coefficient (Wildman–Crippen LogP) is 3.14. The summed E-state index contributed by atoms with van der Waals surface area (Å²) < 4.78 is 5.41. The summed E-state index contributed by atoms with van der Waals surface area (Å²) >= 11 is 3.19. The van der Waals surface area contributed by atoms with E-state index in [9.17, 15) is 19.5 Å². The highest BCUT2D eigenvalue weighted by atomic mass is 79.9. The van der Waals surface area contributed by atoms with E-state index < -0.39 is 17.8 Å². The molecular weight excluding hydrogens is 416 g/mol. The van der Waals surface area contributed by atoms with E-state index in [1.54, 1.807) is 18.2 Å². The number of ether oxygens (including phenoxy) is 1. The van der Waals surface area contributed by atoms with Gasteiger partial charge in [-0.15, -0.1) is 0 Å². The summed E-state index contributed by atoms with van der Waals surface area (Å²) in [5.41, 5.74) is 1.45. The van der Waals surface area contributed by atoms with Gasteiger partial charge in [-0.3, -0.25) is 14.9 Å². The monoisotopic (exact) mass is 430 g/mol. The van der Waals surface area contributed by atoms with Crippen molar-refractivity contribution in [1.82, 2.24) is 5.32 Å². The highest BCUT2D eigenvalue weighted by molar-refractivity contribution is 9.10. The number of aromatic hydroxyl groups is 1. The van der Waals surface area contributed by atoms with Crippen molar-refractivity contribution in [1.29, 1.82) is 0 Å². The molecule has 2 aromatic rings. The van der Waals surface area contributed by atoms with E-state index in [4.69, 9.17) is 4.74 Å². The first kappa shape index (κ1) is 18.7. The van der Waals surface area contributed by atoms with Gasteiger partial charge in [-0.25, -0.2) is 9.69 Å². The molecule has 7 nitrogen and oxygen atoms in total. The zero-order chi connectivity index (χ0) is 19.7. The van der Waals surface area contributed by atoms with Gasteiger partial charge in [-0.05, 0) is 64.3 Å². The molecule has 1 fully saturated rings. The van der Waals surface area contributed by atoms with Crippen molar-refractivity contribution < 1.29 is 24.2 Å². The number of benzene rings is 2. The number of hydrogen-bond donors (Lipinski definition) is 2. The topological polar surface area (TPSA) is 95.9 Å². The molecule has 0 unspecified atom stereocenters. The van der Waals surface area contributed by atoms with Gasteiger partial charge in [-0.2, -0.15) is 0 Å². The molecule has 0 atom stereocenters. The molecule has 0 spiro atoms. The van der Waals surface area contributed by atoms with E-state index in [2.05, 4.69) is 21.2 Å². The molecule has 2 N–H and O–H groups in total. The number of hydrogen-bond acceptors (Lipinski definition) is 5. The van der Waals surface area contributed by atoms with Crippen LogP contribution in [0.15, 0.2) is 46.4 Å². The Labute approximate surface area is 163 Å². The van der Waals surface area contributed by atoms with E-state index in [-0.39, 0.29) is 17.1 Å². The van der Waals surface area contributed by atoms with Crippen molar-refractivity contribution in [3.05, 3.63) is 57.6 Å². The molecule has 1 heterocycles. The fourth-order valence-corrected chi connectivity index (χ4v) is 3.12. The van der Waals surface area contributed by atoms with Crippen LogP contribution in [-0.4, -0.2) is 30.1 Å². The van der Waals surface area contributed by atoms with E-state index in [1.807, 2.05) is 13.0 Å².